The van der Waals surface area contributed by atoms with Crippen molar-refractivity contribution in [2.75, 3.05) is 27.7 Å². The maximum atomic E-state index is 14.6. The van der Waals surface area contributed by atoms with Crippen LogP contribution in [-0.2, 0) is 24.4 Å². The minimum Gasteiger partial charge on any atom is -0.496 e. The van der Waals surface area contributed by atoms with Crippen LogP contribution in [0.2, 0.25) is 0 Å². The van der Waals surface area contributed by atoms with Gasteiger partial charge in [0.1, 0.15) is 45.9 Å². The van der Waals surface area contributed by atoms with E-state index in [4.69, 9.17) is 19.4 Å². The Labute approximate surface area is 342 Å². The van der Waals surface area contributed by atoms with Crippen LogP contribution in [0.15, 0.2) is 35.7 Å². The van der Waals surface area contributed by atoms with Crippen molar-refractivity contribution < 1.29 is 37.1 Å². The number of rotatable bonds is 9. The van der Waals surface area contributed by atoms with E-state index in [1.54, 1.807) is 21.2 Å². The van der Waals surface area contributed by atoms with Crippen LogP contribution in [0, 0.1) is 12.8 Å². The summed E-state index contributed by atoms with van der Waals surface area (Å²) in [6.07, 6.45) is 9.97. The summed E-state index contributed by atoms with van der Waals surface area (Å²) in [7, 11) is 0.899. The van der Waals surface area contributed by atoms with Crippen molar-refractivity contribution in [1.82, 2.24) is 35.1 Å². The molecule has 5 aliphatic rings. The predicted molar refractivity (Wildman–Crippen MR) is 218 cm³/mol. The lowest BCUT2D eigenvalue weighted by molar-refractivity contribution is -0.141. The summed E-state index contributed by atoms with van der Waals surface area (Å²) in [5, 5.41) is 8.72. The first-order valence-electron chi connectivity index (χ1n) is 20.2. The second-order valence-corrected chi connectivity index (χ2v) is 19.4. The van der Waals surface area contributed by atoms with E-state index >= 15 is 0 Å². The summed E-state index contributed by atoms with van der Waals surface area (Å²) in [5.74, 6) is -0.602. The van der Waals surface area contributed by atoms with Crippen molar-refractivity contribution in [3.05, 3.63) is 47.0 Å². The molecule has 3 aromatic rings. The number of benzene rings is 1. The lowest BCUT2D eigenvalue weighted by atomic mass is 10.0. The SMILES string of the molecule is COc1ccc2c(O[C@@H]3C[C@H]4C(=O)N[C@]5(C(=O)NS(=O)(=O)C6CC6)C[C@H]5/C=C/CCCCC[C@H](NC(=O)N(C)C)C(=O)N4C3)cc(-c3nc(C4CC4)cs3)nc2c1C. The Morgan fingerprint density at radius 3 is 2.57 bits per heavy atom. The number of carbonyl (C=O) groups is 4. The number of hydrogen-bond donors (Lipinski definition) is 3. The number of aromatic nitrogens is 2. The first-order chi connectivity index (χ1) is 27.8. The van der Waals surface area contributed by atoms with Crippen LogP contribution in [0.25, 0.3) is 21.6 Å². The summed E-state index contributed by atoms with van der Waals surface area (Å²) < 4.78 is 40.5. The van der Waals surface area contributed by atoms with Crippen molar-refractivity contribution in [2.24, 2.45) is 5.92 Å². The molecule has 2 aromatic heterocycles. The average molecular weight is 834 g/mol. The van der Waals surface area contributed by atoms with E-state index in [0.29, 0.717) is 60.7 Å². The fraction of sp³-hybridized carbons (Fsp3) is 0.561. The van der Waals surface area contributed by atoms with Gasteiger partial charge in [-0.1, -0.05) is 25.0 Å². The molecule has 5 amide bonds. The van der Waals surface area contributed by atoms with Gasteiger partial charge in [0.2, 0.25) is 21.8 Å². The molecule has 1 saturated heterocycles. The molecule has 0 spiro atoms. The summed E-state index contributed by atoms with van der Waals surface area (Å²) in [5.41, 5.74) is 1.68. The van der Waals surface area contributed by atoms with Crippen LogP contribution in [0.1, 0.15) is 87.8 Å². The number of sulfonamides is 1. The highest BCUT2D eigenvalue weighted by Crippen LogP contribution is 2.47. The van der Waals surface area contributed by atoms with Crippen LogP contribution >= 0.6 is 11.3 Å². The van der Waals surface area contributed by atoms with Gasteiger partial charge in [-0.05, 0) is 70.4 Å². The molecule has 310 valence electrons. The summed E-state index contributed by atoms with van der Waals surface area (Å²) in [6.45, 7) is 1.94. The lowest BCUT2D eigenvalue weighted by Gasteiger charge is -2.30. The molecular weight excluding hydrogens is 783 g/mol. The van der Waals surface area contributed by atoms with Crippen LogP contribution in [0.3, 0.4) is 0 Å². The van der Waals surface area contributed by atoms with Crippen molar-refractivity contribution >= 4 is 56.0 Å². The zero-order chi connectivity index (χ0) is 40.9. The molecule has 0 bridgehead atoms. The van der Waals surface area contributed by atoms with Crippen LogP contribution < -0.4 is 24.8 Å². The molecule has 8 rings (SSSR count). The molecule has 3 aliphatic carbocycles. The zero-order valence-electron chi connectivity index (χ0n) is 33.3. The van der Waals surface area contributed by atoms with E-state index in [0.717, 1.165) is 47.3 Å². The molecule has 58 heavy (non-hydrogen) atoms. The minimum absolute atomic E-state index is 0.0151. The molecule has 3 saturated carbocycles. The lowest BCUT2D eigenvalue weighted by Crippen LogP contribution is -2.58. The number of allylic oxidation sites excluding steroid dienone is 1. The maximum absolute atomic E-state index is 14.6. The largest absolute Gasteiger partial charge is 0.496 e. The van der Waals surface area contributed by atoms with Gasteiger partial charge in [0.05, 0.1) is 30.1 Å². The van der Waals surface area contributed by atoms with Gasteiger partial charge in [0.15, 0.2) is 0 Å². The molecule has 17 heteroatoms. The monoisotopic (exact) mass is 833 g/mol. The number of nitrogens with zero attached hydrogens (tertiary/aromatic N) is 4. The van der Waals surface area contributed by atoms with Crippen molar-refractivity contribution in [3.8, 4) is 22.2 Å². The number of nitrogens with one attached hydrogen (secondary N) is 3. The second kappa shape index (κ2) is 15.8. The Kier molecular flexibility index (Phi) is 10.9. The van der Waals surface area contributed by atoms with E-state index in [-0.39, 0.29) is 19.4 Å². The summed E-state index contributed by atoms with van der Waals surface area (Å²) >= 11 is 1.52. The molecule has 1 aromatic carbocycles. The number of carbonyl (C=O) groups excluding carboxylic acids is 4. The third-order valence-electron chi connectivity index (χ3n) is 11.9. The highest BCUT2D eigenvalue weighted by Gasteiger charge is 2.62. The van der Waals surface area contributed by atoms with E-state index < -0.39 is 68.7 Å². The molecule has 4 fully saturated rings. The minimum atomic E-state index is -3.90. The fourth-order valence-electron chi connectivity index (χ4n) is 8.08. The van der Waals surface area contributed by atoms with Gasteiger partial charge in [-0.3, -0.25) is 19.1 Å². The molecule has 0 radical (unpaired) electrons. The average Bonchev–Trinajstić information content (AvgIpc) is 4.15. The standard InChI is InChI=1S/C41H51N7O8S2/c1-23-33(55-4)17-16-28-34(19-30(42-35(23)28)37-43-31(22-57-37)24-12-13-24)56-26-18-32-36(49)45-41(39(51)46-58(53,54)27-14-15-27)20-25(41)10-8-6-5-7-9-11-29(38(50)48(32)21-26)44-40(52)47(2)3/h8,10,16-17,19,22,24-27,29,32H,5-7,9,11-15,18,20-21H2,1-4H3,(H,44,52)(H,45,49)(H,46,51)/b10-8+/t25-,26-,29+,32+,41-/m1/s1. The van der Waals surface area contributed by atoms with Gasteiger partial charge in [-0.15, -0.1) is 11.3 Å². The molecule has 15 nitrogen and oxygen atoms in total. The van der Waals surface area contributed by atoms with Gasteiger partial charge in [0.25, 0.3) is 5.91 Å². The third-order valence-corrected chi connectivity index (χ3v) is 14.6. The van der Waals surface area contributed by atoms with Gasteiger partial charge in [-0.2, -0.15) is 0 Å². The first-order valence-corrected chi connectivity index (χ1v) is 22.6. The Morgan fingerprint density at radius 1 is 1.05 bits per heavy atom. The summed E-state index contributed by atoms with van der Waals surface area (Å²) in [6, 6.07) is 3.13. The molecule has 3 N–H and O–H groups in total. The number of urea groups is 1. The number of thiazole rings is 1. The molecule has 5 atom stereocenters. The fourth-order valence-corrected chi connectivity index (χ4v) is 10.3. The Bertz CT molecular complexity index is 2270. The Balaban J connectivity index is 1.14. The van der Waals surface area contributed by atoms with Gasteiger partial charge in [0, 0.05) is 54.7 Å². The number of methoxy groups -OCH3 is 1. The number of amides is 5. The first kappa shape index (κ1) is 40.0. The second-order valence-electron chi connectivity index (χ2n) is 16.5. The molecule has 2 aliphatic heterocycles. The number of pyridine rings is 1. The van der Waals surface area contributed by atoms with Crippen LogP contribution in [0.4, 0.5) is 4.79 Å². The quantitative estimate of drug-likeness (QED) is 0.258. The van der Waals surface area contributed by atoms with E-state index in [9.17, 15) is 27.6 Å². The van der Waals surface area contributed by atoms with Crippen molar-refractivity contribution in [2.45, 2.75) is 112 Å². The molecular formula is C41H51N7O8S2. The van der Waals surface area contributed by atoms with E-state index in [1.807, 2.05) is 37.3 Å². The van der Waals surface area contributed by atoms with Gasteiger partial charge < -0.3 is 29.9 Å². The van der Waals surface area contributed by atoms with E-state index in [1.165, 1.54) is 21.1 Å². The van der Waals surface area contributed by atoms with Gasteiger partial charge in [-0.25, -0.2) is 23.2 Å². The highest BCUT2D eigenvalue weighted by molar-refractivity contribution is 7.91. The normalized spacial score (nSPS) is 27.0. The highest BCUT2D eigenvalue weighted by atomic mass is 32.2. The smallest absolute Gasteiger partial charge is 0.317 e. The van der Waals surface area contributed by atoms with Gasteiger partial charge >= 0.3 is 6.03 Å². The maximum Gasteiger partial charge on any atom is 0.317 e. The zero-order valence-corrected chi connectivity index (χ0v) is 34.9. The summed E-state index contributed by atoms with van der Waals surface area (Å²) in [4.78, 5) is 68.7. The number of ether oxygens (including phenoxy) is 2. The van der Waals surface area contributed by atoms with Crippen molar-refractivity contribution in [3.63, 3.8) is 0 Å². The van der Waals surface area contributed by atoms with Crippen molar-refractivity contribution in [1.29, 1.82) is 0 Å². The molecule has 0 unspecified atom stereocenters. The number of aryl methyl sites for hydroxylation is 1. The Morgan fingerprint density at radius 2 is 1.84 bits per heavy atom. The topological polar surface area (TPSA) is 189 Å². The number of fused-ring (bicyclic) bond motifs is 3. The third kappa shape index (κ3) is 8.11. The Hall–Kier alpha value is -4.77. The predicted octanol–water partition coefficient (Wildman–Crippen LogP) is 4.54. The van der Waals surface area contributed by atoms with Crippen LogP contribution in [-0.4, -0.2) is 109 Å². The molecule has 4 heterocycles. The van der Waals surface area contributed by atoms with Crippen LogP contribution in [0.5, 0.6) is 11.5 Å². The van der Waals surface area contributed by atoms with E-state index in [2.05, 4.69) is 20.7 Å². The number of hydrogen-bond acceptors (Lipinski definition) is 11.